The smallest absolute Gasteiger partial charge is 0.314 e. The van der Waals surface area contributed by atoms with E-state index in [0.717, 1.165) is 11.1 Å². The van der Waals surface area contributed by atoms with Gasteiger partial charge in [-0.25, -0.2) is 4.98 Å². The van der Waals surface area contributed by atoms with Crippen molar-refractivity contribution in [3.63, 3.8) is 0 Å². The predicted molar refractivity (Wildman–Crippen MR) is 104 cm³/mol. The number of aromatic nitrogens is 3. The molecule has 0 fully saturated rings. The van der Waals surface area contributed by atoms with Crippen molar-refractivity contribution in [2.24, 2.45) is 0 Å². The number of benzene rings is 1. The maximum atomic E-state index is 12.5. The van der Waals surface area contributed by atoms with Gasteiger partial charge in [0, 0.05) is 13.6 Å². The van der Waals surface area contributed by atoms with Gasteiger partial charge in [-0.2, -0.15) is 5.10 Å². The Morgan fingerprint density at radius 1 is 1.26 bits per heavy atom. The normalized spacial score (nSPS) is 11.0. The minimum Gasteiger partial charge on any atom is -0.383 e. The first kappa shape index (κ1) is 18.4. The fourth-order valence-electron chi connectivity index (χ4n) is 2.97. The van der Waals surface area contributed by atoms with Crippen molar-refractivity contribution in [1.82, 2.24) is 20.1 Å². The van der Waals surface area contributed by atoms with Crippen LogP contribution in [0.3, 0.4) is 0 Å². The highest BCUT2D eigenvalue weighted by Crippen LogP contribution is 2.24. The molecule has 140 valence electrons. The molecule has 2 aromatic heterocycles. The van der Waals surface area contributed by atoms with E-state index in [4.69, 9.17) is 5.73 Å². The number of carbonyl (C=O) groups excluding carboxylic acids is 2. The molecular formula is C19H22N6O2. The van der Waals surface area contributed by atoms with Crippen LogP contribution >= 0.6 is 0 Å². The second-order valence-electron chi connectivity index (χ2n) is 6.68. The average molecular weight is 366 g/mol. The molecule has 0 spiro atoms. The zero-order valence-corrected chi connectivity index (χ0v) is 15.5. The Labute approximate surface area is 156 Å². The third-order valence-corrected chi connectivity index (χ3v) is 4.39. The first-order valence-corrected chi connectivity index (χ1v) is 8.60. The lowest BCUT2D eigenvalue weighted by Crippen LogP contribution is -2.37. The number of carbonyl (C=O) groups is 2. The van der Waals surface area contributed by atoms with Gasteiger partial charge in [-0.05, 0) is 17.0 Å². The number of nitrogen functional groups attached to an aromatic ring is 1. The minimum absolute atomic E-state index is 0.297. The van der Waals surface area contributed by atoms with E-state index in [1.165, 1.54) is 17.3 Å². The van der Waals surface area contributed by atoms with E-state index in [9.17, 15) is 9.59 Å². The molecule has 0 aliphatic heterocycles. The molecule has 0 bridgehead atoms. The van der Waals surface area contributed by atoms with E-state index in [0.29, 0.717) is 34.9 Å². The molecule has 3 rings (SSSR count). The van der Waals surface area contributed by atoms with Crippen LogP contribution in [-0.4, -0.2) is 38.9 Å². The second kappa shape index (κ2) is 7.45. The summed E-state index contributed by atoms with van der Waals surface area (Å²) in [5.74, 6) is -0.765. The van der Waals surface area contributed by atoms with Crippen LogP contribution in [0.4, 0.5) is 11.5 Å². The van der Waals surface area contributed by atoms with Gasteiger partial charge in [-0.15, -0.1) is 0 Å². The summed E-state index contributed by atoms with van der Waals surface area (Å²) in [5.41, 5.74) is 8.82. The Morgan fingerprint density at radius 2 is 2.00 bits per heavy atom. The number of rotatable bonds is 4. The number of fused-ring (bicyclic) bond motifs is 1. The molecule has 4 N–H and O–H groups in total. The van der Waals surface area contributed by atoms with E-state index in [2.05, 4.69) is 34.3 Å². The molecular weight excluding hydrogens is 344 g/mol. The third kappa shape index (κ3) is 3.74. The number of likely N-dealkylation sites (N-methyl/N-ethyl adjacent to an activating group) is 1. The molecule has 0 saturated heterocycles. The molecule has 27 heavy (non-hydrogen) atoms. The summed E-state index contributed by atoms with van der Waals surface area (Å²) >= 11 is 0. The number of nitrogens with one attached hydrogen (secondary N) is 2. The van der Waals surface area contributed by atoms with Gasteiger partial charge >= 0.3 is 11.8 Å². The summed E-state index contributed by atoms with van der Waals surface area (Å²) in [6, 6.07) is 7.90. The van der Waals surface area contributed by atoms with Crippen molar-refractivity contribution in [1.29, 1.82) is 0 Å². The maximum Gasteiger partial charge on any atom is 0.314 e. The van der Waals surface area contributed by atoms with E-state index < -0.39 is 11.8 Å². The summed E-state index contributed by atoms with van der Waals surface area (Å²) in [7, 11) is 1.60. The average Bonchev–Trinajstić information content (AvgIpc) is 3.14. The summed E-state index contributed by atoms with van der Waals surface area (Å²) in [6.07, 6.45) is 2.92. The molecule has 8 heteroatoms. The molecule has 2 heterocycles. The molecule has 8 nitrogen and oxygen atoms in total. The molecule has 0 atom stereocenters. The van der Waals surface area contributed by atoms with E-state index in [1.54, 1.807) is 7.05 Å². The van der Waals surface area contributed by atoms with Crippen LogP contribution < -0.4 is 11.1 Å². The Balaban J connectivity index is 1.74. The maximum absolute atomic E-state index is 12.5. The van der Waals surface area contributed by atoms with Gasteiger partial charge in [0.05, 0.1) is 29.0 Å². The van der Waals surface area contributed by atoms with Crippen LogP contribution in [0, 0.1) is 0 Å². The number of amides is 2. The van der Waals surface area contributed by atoms with Crippen LogP contribution in [0.5, 0.6) is 0 Å². The first-order valence-electron chi connectivity index (χ1n) is 8.60. The van der Waals surface area contributed by atoms with Gasteiger partial charge in [-0.3, -0.25) is 14.7 Å². The number of hydrogen-bond donors (Lipinski definition) is 3. The number of aromatic amines is 1. The molecule has 0 saturated carbocycles. The predicted octanol–water partition coefficient (Wildman–Crippen LogP) is 2.26. The topological polar surface area (TPSA) is 117 Å². The van der Waals surface area contributed by atoms with Crippen molar-refractivity contribution < 1.29 is 9.59 Å². The van der Waals surface area contributed by atoms with Crippen molar-refractivity contribution >= 4 is 34.2 Å². The van der Waals surface area contributed by atoms with Crippen molar-refractivity contribution in [2.45, 2.75) is 26.3 Å². The highest BCUT2D eigenvalue weighted by molar-refractivity contribution is 6.40. The van der Waals surface area contributed by atoms with Crippen molar-refractivity contribution in [3.8, 4) is 0 Å². The molecule has 3 aromatic rings. The molecule has 2 amide bonds. The Bertz CT molecular complexity index is 995. The van der Waals surface area contributed by atoms with Gasteiger partial charge < -0.3 is 16.0 Å². The minimum atomic E-state index is -0.748. The Kier molecular flexibility index (Phi) is 5.07. The van der Waals surface area contributed by atoms with Crippen LogP contribution in [0.1, 0.15) is 30.9 Å². The van der Waals surface area contributed by atoms with Gasteiger partial charge in [0.1, 0.15) is 5.82 Å². The van der Waals surface area contributed by atoms with Crippen LogP contribution in [0.25, 0.3) is 10.9 Å². The summed E-state index contributed by atoms with van der Waals surface area (Å²) in [4.78, 5) is 30.3. The SMILES string of the molecule is CC(C)c1ccccc1CN(C)C(=O)C(=O)Nc1cnc(N)c2cn[nH]c12. The number of pyridine rings is 1. The molecule has 0 aliphatic rings. The van der Waals surface area contributed by atoms with E-state index in [-0.39, 0.29) is 0 Å². The monoisotopic (exact) mass is 366 g/mol. The third-order valence-electron chi connectivity index (χ3n) is 4.39. The standard InChI is InChI=1S/C19H22N6O2/c1-11(2)13-7-5-4-6-12(13)10-25(3)19(27)18(26)23-15-9-21-17(20)14-8-22-24-16(14)15/h4-9,11H,10H2,1-3H3,(H2,20,21)(H,22,24)(H,23,26). The molecule has 0 aliphatic carbocycles. The van der Waals surface area contributed by atoms with Crippen molar-refractivity contribution in [2.75, 3.05) is 18.1 Å². The molecule has 0 radical (unpaired) electrons. The number of nitrogens with two attached hydrogens (primary N) is 1. The quantitative estimate of drug-likeness (QED) is 0.612. The fourth-order valence-corrected chi connectivity index (χ4v) is 2.97. The lowest BCUT2D eigenvalue weighted by molar-refractivity contribution is -0.142. The van der Waals surface area contributed by atoms with Gasteiger partial charge in [0.2, 0.25) is 0 Å². The van der Waals surface area contributed by atoms with E-state index >= 15 is 0 Å². The van der Waals surface area contributed by atoms with E-state index in [1.807, 2.05) is 24.3 Å². The fraction of sp³-hybridized carbons (Fsp3) is 0.263. The van der Waals surface area contributed by atoms with Crippen molar-refractivity contribution in [3.05, 3.63) is 47.8 Å². The lowest BCUT2D eigenvalue weighted by Gasteiger charge is -2.20. The van der Waals surface area contributed by atoms with Gasteiger partial charge in [0.15, 0.2) is 0 Å². The highest BCUT2D eigenvalue weighted by atomic mass is 16.2. The number of hydrogen-bond acceptors (Lipinski definition) is 5. The summed E-state index contributed by atoms with van der Waals surface area (Å²) < 4.78 is 0. The Hall–Kier alpha value is -3.42. The largest absolute Gasteiger partial charge is 0.383 e. The molecule has 1 aromatic carbocycles. The van der Waals surface area contributed by atoms with Gasteiger partial charge in [0.25, 0.3) is 0 Å². The lowest BCUT2D eigenvalue weighted by atomic mass is 9.97. The number of H-pyrrole nitrogens is 1. The van der Waals surface area contributed by atoms with Crippen LogP contribution in [0.15, 0.2) is 36.7 Å². The number of nitrogens with zero attached hydrogens (tertiary/aromatic N) is 3. The summed E-state index contributed by atoms with van der Waals surface area (Å²) in [5, 5.41) is 9.82. The second-order valence-corrected chi connectivity index (χ2v) is 6.68. The summed E-state index contributed by atoms with van der Waals surface area (Å²) in [6.45, 7) is 4.54. The molecule has 0 unspecified atom stereocenters. The van der Waals surface area contributed by atoms with Crippen LogP contribution in [0.2, 0.25) is 0 Å². The van der Waals surface area contributed by atoms with Crippen LogP contribution in [-0.2, 0) is 16.1 Å². The zero-order chi connectivity index (χ0) is 19.6. The highest BCUT2D eigenvalue weighted by Gasteiger charge is 2.21. The first-order chi connectivity index (χ1) is 12.9. The Morgan fingerprint density at radius 3 is 2.74 bits per heavy atom. The zero-order valence-electron chi connectivity index (χ0n) is 15.5. The van der Waals surface area contributed by atoms with Gasteiger partial charge in [-0.1, -0.05) is 38.1 Å². The number of anilines is 2.